The van der Waals surface area contributed by atoms with Crippen LogP contribution >= 0.6 is 22.6 Å². The molecular formula is C19H14F3IO4. The zero-order chi connectivity index (χ0) is 20.1. The van der Waals surface area contributed by atoms with Gasteiger partial charge in [-0.1, -0.05) is 12.1 Å². The van der Waals surface area contributed by atoms with Crippen LogP contribution in [0.1, 0.15) is 47.1 Å². The monoisotopic (exact) mass is 490 g/mol. The lowest BCUT2D eigenvalue weighted by atomic mass is 9.93. The lowest BCUT2D eigenvalue weighted by Gasteiger charge is -2.34. The topological polar surface area (TPSA) is 52.6 Å². The highest BCUT2D eigenvalue weighted by Gasteiger charge is 2.39. The fourth-order valence-electron chi connectivity index (χ4n) is 2.84. The van der Waals surface area contributed by atoms with Gasteiger partial charge in [0.2, 0.25) is 5.79 Å². The summed E-state index contributed by atoms with van der Waals surface area (Å²) in [6.45, 7) is 4.42. The molecule has 27 heavy (non-hydrogen) atoms. The first-order valence-corrected chi connectivity index (χ1v) is 8.96. The Bertz CT molecular complexity index is 947. The van der Waals surface area contributed by atoms with E-state index >= 15 is 0 Å². The SMILES string of the molecule is CC(=O)c1cc(I)c(-c2ccc(C(F)(F)F)cc2)c2c1OC(C)(C)OC2=O. The molecule has 0 fully saturated rings. The van der Waals surface area contributed by atoms with Gasteiger partial charge < -0.3 is 9.47 Å². The van der Waals surface area contributed by atoms with Gasteiger partial charge in [-0.05, 0) is 53.3 Å². The van der Waals surface area contributed by atoms with Crippen LogP contribution in [0, 0.1) is 3.57 Å². The molecule has 0 atom stereocenters. The summed E-state index contributed by atoms with van der Waals surface area (Å²) >= 11 is 1.93. The summed E-state index contributed by atoms with van der Waals surface area (Å²) in [5, 5.41) is 0. The molecule has 0 saturated heterocycles. The normalized spacial score (nSPS) is 15.6. The number of hydrogen-bond acceptors (Lipinski definition) is 4. The summed E-state index contributed by atoms with van der Waals surface area (Å²) < 4.78 is 50.0. The van der Waals surface area contributed by atoms with Gasteiger partial charge in [0.25, 0.3) is 0 Å². The van der Waals surface area contributed by atoms with E-state index in [1.807, 2.05) is 22.6 Å². The minimum Gasteiger partial charge on any atom is -0.451 e. The first-order valence-electron chi connectivity index (χ1n) is 7.88. The van der Waals surface area contributed by atoms with Crippen molar-refractivity contribution < 1.29 is 32.2 Å². The Hall–Kier alpha value is -2.10. The molecule has 1 aliphatic heterocycles. The van der Waals surface area contributed by atoms with E-state index < -0.39 is 23.5 Å². The highest BCUT2D eigenvalue weighted by molar-refractivity contribution is 14.1. The maximum atomic E-state index is 12.8. The number of esters is 1. The Morgan fingerprint density at radius 3 is 2.19 bits per heavy atom. The molecule has 1 aliphatic rings. The van der Waals surface area contributed by atoms with Gasteiger partial charge in [-0.25, -0.2) is 4.79 Å². The largest absolute Gasteiger partial charge is 0.451 e. The van der Waals surface area contributed by atoms with E-state index in [2.05, 4.69) is 0 Å². The highest BCUT2D eigenvalue weighted by atomic mass is 127. The number of ketones is 1. The van der Waals surface area contributed by atoms with Crippen molar-refractivity contribution in [1.29, 1.82) is 0 Å². The van der Waals surface area contributed by atoms with E-state index in [0.29, 0.717) is 14.7 Å². The molecule has 0 N–H and O–H groups in total. The third kappa shape index (κ3) is 3.67. The molecule has 0 unspecified atom stereocenters. The second kappa shape index (κ2) is 6.50. The van der Waals surface area contributed by atoms with Crippen LogP contribution < -0.4 is 4.74 Å². The van der Waals surface area contributed by atoms with Gasteiger partial charge in [0.15, 0.2) is 5.78 Å². The second-order valence-corrected chi connectivity index (χ2v) is 7.67. The first kappa shape index (κ1) is 19.7. The van der Waals surface area contributed by atoms with E-state index in [1.165, 1.54) is 32.9 Å². The molecule has 3 rings (SSSR count). The van der Waals surface area contributed by atoms with Crippen molar-refractivity contribution >= 4 is 34.3 Å². The zero-order valence-electron chi connectivity index (χ0n) is 14.5. The van der Waals surface area contributed by atoms with E-state index in [-0.39, 0.29) is 22.7 Å². The van der Waals surface area contributed by atoms with Crippen LogP contribution in [0.3, 0.4) is 0 Å². The van der Waals surface area contributed by atoms with Gasteiger partial charge in [-0.3, -0.25) is 4.79 Å². The van der Waals surface area contributed by atoms with Crippen molar-refractivity contribution in [1.82, 2.24) is 0 Å². The number of alkyl halides is 3. The van der Waals surface area contributed by atoms with Crippen LogP contribution in [-0.2, 0) is 10.9 Å². The maximum absolute atomic E-state index is 12.8. The number of rotatable bonds is 2. The third-order valence-electron chi connectivity index (χ3n) is 4.00. The van der Waals surface area contributed by atoms with Gasteiger partial charge in [0.05, 0.1) is 11.1 Å². The molecule has 8 heteroatoms. The van der Waals surface area contributed by atoms with E-state index in [1.54, 1.807) is 6.07 Å². The number of fused-ring (bicyclic) bond motifs is 1. The standard InChI is InChI=1S/C19H14F3IO4/c1-9(24)12-8-13(23)14(10-4-6-11(7-5-10)19(20,21)22)15-16(12)26-18(2,3)27-17(15)25/h4-8H,1-3H3. The van der Waals surface area contributed by atoms with Crippen LogP contribution in [0.15, 0.2) is 30.3 Å². The van der Waals surface area contributed by atoms with Crippen molar-refractivity contribution in [2.45, 2.75) is 32.7 Å². The highest BCUT2D eigenvalue weighted by Crippen LogP contribution is 2.43. The molecule has 0 aromatic heterocycles. The minimum absolute atomic E-state index is 0.0335. The number of hydrogen-bond donors (Lipinski definition) is 0. The van der Waals surface area contributed by atoms with Crippen molar-refractivity contribution in [3.05, 3.63) is 50.6 Å². The lowest BCUT2D eigenvalue weighted by molar-refractivity contribution is -0.137. The minimum atomic E-state index is -4.46. The molecule has 4 nitrogen and oxygen atoms in total. The molecule has 0 aliphatic carbocycles. The molecule has 0 bridgehead atoms. The summed E-state index contributed by atoms with van der Waals surface area (Å²) in [4.78, 5) is 24.7. The third-order valence-corrected chi connectivity index (χ3v) is 4.85. The fraction of sp³-hybridized carbons (Fsp3) is 0.263. The molecule has 2 aromatic rings. The Morgan fingerprint density at radius 1 is 1.07 bits per heavy atom. The number of benzene rings is 2. The summed E-state index contributed by atoms with van der Waals surface area (Å²) in [7, 11) is 0. The summed E-state index contributed by atoms with van der Waals surface area (Å²) in [6.07, 6.45) is -4.46. The van der Waals surface area contributed by atoms with E-state index in [9.17, 15) is 22.8 Å². The predicted molar refractivity (Wildman–Crippen MR) is 99.7 cm³/mol. The Morgan fingerprint density at radius 2 is 1.67 bits per heavy atom. The predicted octanol–water partition coefficient (Wildman–Crippen LogP) is 5.46. The summed E-state index contributed by atoms with van der Waals surface area (Å²) in [6, 6.07) is 6.00. The summed E-state index contributed by atoms with van der Waals surface area (Å²) in [5.74, 6) is -2.18. The van der Waals surface area contributed by atoms with Gasteiger partial charge in [0, 0.05) is 23.0 Å². The molecule has 0 amide bonds. The number of cyclic esters (lactones) is 1. The zero-order valence-corrected chi connectivity index (χ0v) is 16.7. The van der Waals surface area contributed by atoms with Crippen LogP contribution in [0.5, 0.6) is 5.75 Å². The molecule has 0 spiro atoms. The summed E-state index contributed by atoms with van der Waals surface area (Å²) in [5.41, 5.74) is 0.209. The second-order valence-electron chi connectivity index (χ2n) is 6.51. The average Bonchev–Trinajstić information content (AvgIpc) is 2.53. The number of halogens is 4. The van der Waals surface area contributed by atoms with Crippen LogP contribution in [0.25, 0.3) is 11.1 Å². The molecule has 142 valence electrons. The van der Waals surface area contributed by atoms with E-state index in [4.69, 9.17) is 9.47 Å². The maximum Gasteiger partial charge on any atom is 0.416 e. The average molecular weight is 490 g/mol. The van der Waals surface area contributed by atoms with Crippen LogP contribution in [-0.4, -0.2) is 17.5 Å². The van der Waals surface area contributed by atoms with Crippen LogP contribution in [0.2, 0.25) is 0 Å². The molecular weight excluding hydrogens is 476 g/mol. The first-order chi connectivity index (χ1) is 12.4. The van der Waals surface area contributed by atoms with Gasteiger partial charge >= 0.3 is 12.1 Å². The smallest absolute Gasteiger partial charge is 0.416 e. The van der Waals surface area contributed by atoms with Crippen molar-refractivity contribution in [2.75, 3.05) is 0 Å². The molecule has 0 saturated carbocycles. The Labute approximate surface area is 166 Å². The number of carbonyl (C=O) groups excluding carboxylic acids is 2. The fourth-order valence-corrected chi connectivity index (χ4v) is 3.74. The van der Waals surface area contributed by atoms with Gasteiger partial charge in [0.1, 0.15) is 11.3 Å². The van der Waals surface area contributed by atoms with E-state index in [0.717, 1.165) is 12.1 Å². The van der Waals surface area contributed by atoms with Crippen molar-refractivity contribution in [3.8, 4) is 16.9 Å². The Kier molecular flexibility index (Phi) is 4.73. The van der Waals surface area contributed by atoms with Crippen molar-refractivity contribution in [3.63, 3.8) is 0 Å². The van der Waals surface area contributed by atoms with Gasteiger partial charge in [-0.15, -0.1) is 0 Å². The van der Waals surface area contributed by atoms with Crippen molar-refractivity contribution in [2.24, 2.45) is 0 Å². The number of carbonyl (C=O) groups is 2. The van der Waals surface area contributed by atoms with Crippen LogP contribution in [0.4, 0.5) is 13.2 Å². The number of Topliss-reactive ketones (excluding diaryl/α,β-unsaturated/α-hetero) is 1. The quantitative estimate of drug-likeness (QED) is 0.319. The molecule has 0 radical (unpaired) electrons. The molecule has 2 aromatic carbocycles. The van der Waals surface area contributed by atoms with Gasteiger partial charge in [-0.2, -0.15) is 13.2 Å². The Balaban J connectivity index is 2.26. The number of ether oxygens (including phenoxy) is 2. The molecule has 1 heterocycles. The lowest BCUT2D eigenvalue weighted by Crippen LogP contribution is -2.40.